The van der Waals surface area contributed by atoms with E-state index in [1.807, 2.05) is 85.6 Å². The Morgan fingerprint density at radius 2 is 0.752 bits per heavy atom. The molecule has 0 spiro atoms. The normalized spacial score (nSPS) is 12.7. The molecule has 0 amide bonds. The summed E-state index contributed by atoms with van der Waals surface area (Å²) in [6.45, 7) is 18.0. The van der Waals surface area contributed by atoms with Crippen LogP contribution in [0.25, 0.3) is 88.6 Å². The van der Waals surface area contributed by atoms with E-state index in [0.717, 1.165) is 64.1 Å². The van der Waals surface area contributed by atoms with Crippen molar-refractivity contribution < 1.29 is 80.9 Å². The molecule has 4 aromatic carbocycles. The van der Waals surface area contributed by atoms with E-state index >= 15 is 0 Å². The molecule has 15 aromatic rings. The zero-order valence-corrected chi connectivity index (χ0v) is 76.2. The zero-order chi connectivity index (χ0) is 94.8. The van der Waals surface area contributed by atoms with Gasteiger partial charge in [-0.2, -0.15) is 15.3 Å². The van der Waals surface area contributed by atoms with Crippen LogP contribution in [0.1, 0.15) is 85.1 Å². The van der Waals surface area contributed by atoms with E-state index in [4.69, 9.17) is 78.9 Å². The summed E-state index contributed by atoms with van der Waals surface area (Å²) < 4.78 is 196. The topological polar surface area (TPSA) is 229 Å². The number of aryl methyl sites for hydroxylation is 7. The third-order valence-corrected chi connectivity index (χ3v) is 23.2. The van der Waals surface area contributed by atoms with Gasteiger partial charge in [-0.3, -0.25) is 51.5 Å². The van der Waals surface area contributed by atoms with Crippen LogP contribution in [0.3, 0.4) is 0 Å². The van der Waals surface area contributed by atoms with Crippen LogP contribution in [0.5, 0.6) is 23.0 Å². The molecule has 11 aromatic heterocycles. The average molecular weight is 2070 g/mol. The molecule has 0 atom stereocenters. The maximum atomic E-state index is 13.3. The van der Waals surface area contributed by atoms with Crippen molar-refractivity contribution in [1.29, 1.82) is 0 Å². The van der Waals surface area contributed by atoms with Gasteiger partial charge in [-0.05, 0) is 181 Å². The molecular weight excluding hydrogens is 1980 g/mol. The summed E-state index contributed by atoms with van der Waals surface area (Å²) in [5.41, 5.74) is 5.82. The van der Waals surface area contributed by atoms with Gasteiger partial charge in [0.05, 0.1) is 86.7 Å². The number of nitrogens with zero attached hydrogens (tertiary/aromatic N) is 15. The van der Waals surface area contributed by atoms with Crippen LogP contribution in [-0.2, 0) is 56.6 Å². The number of thiol groups is 1. The van der Waals surface area contributed by atoms with Gasteiger partial charge in [-0.25, -0.2) is 0 Å². The molecule has 0 unspecified atom stereocenters. The second-order valence-electron chi connectivity index (χ2n) is 28.8. The second kappa shape index (κ2) is 43.7. The quantitative estimate of drug-likeness (QED) is 0.0573. The minimum atomic E-state index is -4.81. The van der Waals surface area contributed by atoms with Crippen LogP contribution in [0, 0.1) is 0 Å². The van der Waals surface area contributed by atoms with Crippen LogP contribution < -0.4 is 46.6 Å². The number of fused-ring (bicyclic) bond motifs is 4. The first-order valence-corrected chi connectivity index (χ1v) is 41.5. The summed E-state index contributed by atoms with van der Waals surface area (Å²) in [6, 6.07) is 23.5. The number of alkyl halides is 12. The fraction of sp³-hybridized carbons (Fsp3) is 0.291. The fourth-order valence-electron chi connectivity index (χ4n) is 13.6. The number of hydrogen-bond donors (Lipinski definition) is 1. The summed E-state index contributed by atoms with van der Waals surface area (Å²) in [7, 11) is 9.48. The summed E-state index contributed by atoms with van der Waals surface area (Å²) in [6.07, 6.45) is -0.310. The Bertz CT molecular complexity index is 6870. The van der Waals surface area contributed by atoms with Crippen LogP contribution >= 0.6 is 98.4 Å². The molecule has 0 bridgehead atoms. The van der Waals surface area contributed by atoms with Gasteiger partial charge in [-0.15, -0.1) is 52.7 Å². The second-order valence-corrected chi connectivity index (χ2v) is 32.1. The molecule has 1 aliphatic rings. The van der Waals surface area contributed by atoms with Gasteiger partial charge in [0.25, 0.3) is 22.2 Å². The Hall–Kier alpha value is -10.8. The molecule has 1 saturated heterocycles. The number of halogens is 19. The van der Waals surface area contributed by atoms with Crippen LogP contribution in [-0.4, -0.2) is 117 Å². The van der Waals surface area contributed by atoms with Gasteiger partial charge in [0, 0.05) is 154 Å². The number of pyridine rings is 4. The van der Waals surface area contributed by atoms with Gasteiger partial charge in [-0.1, -0.05) is 99.3 Å². The molecule has 711 valence electrons. The Morgan fingerprint density at radius 3 is 1.11 bits per heavy atom. The zero-order valence-electron chi connectivity index (χ0n) is 69.1. The van der Waals surface area contributed by atoms with Crippen molar-refractivity contribution >= 4 is 162 Å². The van der Waals surface area contributed by atoms with Gasteiger partial charge in [0.15, 0.2) is 0 Å². The van der Waals surface area contributed by atoms with E-state index in [-0.39, 0.29) is 118 Å². The summed E-state index contributed by atoms with van der Waals surface area (Å²) in [5, 5.41) is 14.8. The molecule has 1 fully saturated rings. The predicted molar refractivity (Wildman–Crippen MR) is 505 cm³/mol. The van der Waals surface area contributed by atoms with Crippen molar-refractivity contribution in [2.45, 2.75) is 148 Å². The van der Waals surface area contributed by atoms with Crippen molar-refractivity contribution in [1.82, 2.24) is 65.9 Å². The first-order valence-electron chi connectivity index (χ1n) is 38.0. The predicted octanol–water partition coefficient (Wildman–Crippen LogP) is 23.8. The van der Waals surface area contributed by atoms with Crippen LogP contribution in [0.15, 0.2) is 205 Å². The molecule has 0 N–H and O–H groups in total. The molecule has 1 radical (unpaired) electrons. The number of hydrogen-bond acceptors (Lipinski definition) is 15. The number of ether oxygens (including phenoxy) is 4. The number of aromatic nitrogens is 14. The Kier molecular flexibility index (Phi) is 35.9. The molecule has 1 aliphatic heterocycles. The van der Waals surface area contributed by atoms with E-state index in [1.54, 1.807) is 91.2 Å². The third-order valence-electron chi connectivity index (χ3n) is 20.0. The van der Waals surface area contributed by atoms with Gasteiger partial charge >= 0.3 is 57.3 Å². The van der Waals surface area contributed by atoms with Gasteiger partial charge in [0.2, 0.25) is 0 Å². The fourth-order valence-corrected chi connectivity index (χ4v) is 16.0. The molecular formula is C86H87B2BrCl6F12N15O10S. The SMILES string of the molecule is C.C.C.C.CCn1c(Cl)c(Cl)c2c(=O)n(-c3ccc(OC(F)(F)F)cc3)cc(-c3cnn(C)c3)c21.CCn1c(Cl)c(Cl)c2c(=O)n(-c3ccc(OC(F)(F)F)cc3)cc(Br)c21.CCn1c(Cl)c(Cl)c2c(=O)n(-c3ccc(OC(F)(F)F)cc3)ccc21.CCn1ccc2c(=O)n(-c3ccc(OC(F)(F)F)cc3)cc(-c3cnn(C)c3)c21.Cn1cc(B2OC(C)(C)C(C)(C)O2)cn1.[B]=NS. The van der Waals surface area contributed by atoms with E-state index in [0.29, 0.717) is 80.9 Å². The van der Waals surface area contributed by atoms with Crippen molar-refractivity contribution in [2.24, 2.45) is 25.4 Å². The van der Waals surface area contributed by atoms with Crippen molar-refractivity contribution in [3.63, 3.8) is 0 Å². The molecule has 0 saturated carbocycles. The number of rotatable bonds is 15. The third kappa shape index (κ3) is 24.5. The van der Waals surface area contributed by atoms with Crippen molar-refractivity contribution in [3.05, 3.63) is 254 Å². The summed E-state index contributed by atoms with van der Waals surface area (Å²) in [5.74, 6) is -1.49. The standard InChI is InChI=1S/C20H15Cl2F3N4O2.C20H17F3N4O2.C16H10BrCl2F3N2O2.C16H11Cl2F3N2O2.C10H17BN2O2.4CH4.BHNS/c1-3-28-17-14(11-8-26-27(2)9-11)10-29(19(30)15(17)16(21)18(28)22)12-4-6-13(7-5-12)31-20(23,24)25;1-3-26-9-8-16-18(26)17(13-10-24-25(2)11-13)12-27(19(16)28)14-4-6-15(7-5-14)29-20(21,22)23;1-2-23-13-10(17)7-24(15(25)11(13)12(18)14(23)19)8-3-5-9(6-4-8)26-16(20,21)22;1-2-22-11-7-8-23(15(24)12(11)13(17)14(22)18)9-3-5-10(6-4-9)25-16(19,20)21;1-9(2)10(3,4)15-11(14-9)8-6-12-13(5)7-8;;;;;1-2-3/h4-10H,3H2,1-2H3;4-12H,3H2,1-2H3;3-7H,2H2,1H3;3-8H,2H2,1H3;6-7H,1-5H3;4*1H4;3H. The Morgan fingerprint density at radius 1 is 0.429 bits per heavy atom. The Labute approximate surface area is 798 Å². The maximum absolute atomic E-state index is 13.3. The van der Waals surface area contributed by atoms with Crippen LogP contribution in [0.2, 0.25) is 30.5 Å². The van der Waals surface area contributed by atoms with E-state index < -0.39 is 47.9 Å². The Balaban J connectivity index is 0.000000227. The van der Waals surface area contributed by atoms with Crippen molar-refractivity contribution in [3.8, 4) is 68.0 Å². The van der Waals surface area contributed by atoms with Gasteiger partial charge < -0.3 is 46.5 Å². The van der Waals surface area contributed by atoms with E-state index in [9.17, 15) is 71.9 Å². The first-order chi connectivity index (χ1) is 60.5. The molecule has 0 aliphatic carbocycles. The van der Waals surface area contributed by atoms with Crippen molar-refractivity contribution in [2.75, 3.05) is 0 Å². The summed E-state index contributed by atoms with van der Waals surface area (Å²) in [4.78, 5) is 52.0. The molecule has 16 rings (SSSR count). The van der Waals surface area contributed by atoms with Gasteiger partial charge in [0.1, 0.15) is 38.5 Å². The van der Waals surface area contributed by atoms with E-state index in [2.05, 4.69) is 74.9 Å². The monoisotopic (exact) mass is 2060 g/mol. The molecule has 47 heteroatoms. The van der Waals surface area contributed by atoms with E-state index in [1.165, 1.54) is 91.3 Å². The average Bonchev–Trinajstić information content (AvgIpc) is 1.64. The number of benzene rings is 4. The summed E-state index contributed by atoms with van der Waals surface area (Å²) >= 11 is 44.2. The molecule has 12 heterocycles. The molecule has 133 heavy (non-hydrogen) atoms. The molecule has 25 nitrogen and oxygen atoms in total. The van der Waals surface area contributed by atoms with Crippen LogP contribution in [0.4, 0.5) is 52.7 Å². The first kappa shape index (κ1) is 109. The minimum absolute atomic E-state index is 0.